The molecule has 0 aromatic rings. The minimum absolute atomic E-state index is 0.231. The first kappa shape index (κ1) is 9.91. The number of esters is 1. The molecule has 0 unspecified atom stereocenters. The lowest BCUT2D eigenvalue weighted by Gasteiger charge is -2.17. The molecule has 1 rings (SSSR count). The summed E-state index contributed by atoms with van der Waals surface area (Å²) in [5.41, 5.74) is 5.25. The minimum Gasteiger partial charge on any atom is -0.455 e. The number of aliphatic hydroxyl groups is 2. The van der Waals surface area contributed by atoms with Gasteiger partial charge in [-0.25, -0.2) is 0 Å². The first-order valence-corrected chi connectivity index (χ1v) is 4.58. The number of nitrogens with two attached hydrogens (primary N) is 1. The highest BCUT2D eigenvalue weighted by Crippen LogP contribution is 2.18. The van der Waals surface area contributed by atoms with Crippen molar-refractivity contribution >= 4 is 21.9 Å². The first-order valence-electron chi connectivity index (χ1n) is 3.46. The second-order valence-electron chi connectivity index (χ2n) is 2.64. The molecular weight excluding hydrogens is 230 g/mol. The smallest absolute Gasteiger partial charge is 0.326 e. The second-order valence-corrected chi connectivity index (χ2v) is 3.29. The predicted octanol–water partition coefficient (Wildman–Crippen LogP) is -1.64. The summed E-state index contributed by atoms with van der Waals surface area (Å²) in [6, 6.07) is -1.04. The summed E-state index contributed by atoms with van der Waals surface area (Å²) in [5, 5.41) is 18.7. The zero-order valence-electron chi connectivity index (χ0n) is 6.18. The second kappa shape index (κ2) is 3.69. The lowest BCUT2D eigenvalue weighted by atomic mass is 10.1. The van der Waals surface area contributed by atoms with Gasteiger partial charge in [0.05, 0.1) is 0 Å². The average molecular weight is 240 g/mol. The van der Waals surface area contributed by atoms with Crippen LogP contribution in [0.1, 0.15) is 0 Å². The zero-order valence-corrected chi connectivity index (χ0v) is 7.77. The summed E-state index contributed by atoms with van der Waals surface area (Å²) >= 11 is 3.00. The fraction of sp³-hybridized carbons (Fsp3) is 0.833. The maximum absolute atomic E-state index is 10.8. The van der Waals surface area contributed by atoms with Crippen LogP contribution in [-0.4, -0.2) is 45.9 Å². The number of hydrogen-bond donors (Lipinski definition) is 3. The molecule has 0 spiro atoms. The van der Waals surface area contributed by atoms with Gasteiger partial charge >= 0.3 is 5.97 Å². The number of hydrogen-bond acceptors (Lipinski definition) is 5. The molecule has 4 atom stereocenters. The van der Waals surface area contributed by atoms with E-state index in [1.807, 2.05) is 0 Å². The molecule has 0 aliphatic carbocycles. The Labute approximate surface area is 77.6 Å². The lowest BCUT2D eigenvalue weighted by molar-refractivity contribution is -0.146. The van der Waals surface area contributed by atoms with Gasteiger partial charge in [0.2, 0.25) is 0 Å². The Morgan fingerprint density at radius 2 is 2.33 bits per heavy atom. The van der Waals surface area contributed by atoms with Gasteiger partial charge in [-0.05, 0) is 0 Å². The summed E-state index contributed by atoms with van der Waals surface area (Å²) < 4.78 is 4.64. The van der Waals surface area contributed by atoms with E-state index in [1.54, 1.807) is 0 Å². The molecule has 6 heteroatoms. The van der Waals surface area contributed by atoms with E-state index in [0.717, 1.165) is 0 Å². The van der Waals surface area contributed by atoms with Crippen LogP contribution in [0.2, 0.25) is 0 Å². The number of aliphatic hydroxyl groups excluding tert-OH is 2. The molecule has 1 aliphatic rings. The standard InChI is InChI=1S/C6H10BrNO4/c7-1-2(9)5-4(10)3(8)6(11)12-5/h2-5,9-10H,1,8H2/t2-,3-,4-,5-/m1/s1. The van der Waals surface area contributed by atoms with E-state index in [4.69, 9.17) is 5.73 Å². The molecule has 1 saturated heterocycles. The largest absolute Gasteiger partial charge is 0.455 e. The van der Waals surface area contributed by atoms with Gasteiger partial charge in [0.15, 0.2) is 6.10 Å². The number of halogens is 1. The third-order valence-electron chi connectivity index (χ3n) is 1.77. The Hall–Kier alpha value is -0.170. The fourth-order valence-electron chi connectivity index (χ4n) is 1.02. The SMILES string of the molecule is N[C@H]1C(=O)O[C@H]([C@H](O)CBr)[C@@H]1O. The van der Waals surface area contributed by atoms with Crippen molar-refractivity contribution < 1.29 is 19.7 Å². The van der Waals surface area contributed by atoms with Gasteiger partial charge in [-0.15, -0.1) is 0 Å². The summed E-state index contributed by atoms with van der Waals surface area (Å²) in [6.07, 6.45) is -2.95. The fourth-order valence-corrected chi connectivity index (χ4v) is 1.39. The number of cyclic esters (lactones) is 1. The van der Waals surface area contributed by atoms with E-state index in [9.17, 15) is 15.0 Å². The van der Waals surface area contributed by atoms with Crippen LogP contribution in [0.3, 0.4) is 0 Å². The van der Waals surface area contributed by atoms with E-state index in [0.29, 0.717) is 0 Å². The first-order chi connectivity index (χ1) is 5.57. The highest BCUT2D eigenvalue weighted by Gasteiger charge is 2.44. The van der Waals surface area contributed by atoms with Crippen LogP contribution in [0.5, 0.6) is 0 Å². The Morgan fingerprint density at radius 3 is 2.67 bits per heavy atom. The van der Waals surface area contributed by atoms with E-state index in [2.05, 4.69) is 20.7 Å². The van der Waals surface area contributed by atoms with Gasteiger partial charge < -0.3 is 20.7 Å². The molecule has 0 aromatic heterocycles. The summed E-state index contributed by atoms with van der Waals surface area (Å²) in [7, 11) is 0. The van der Waals surface area contributed by atoms with Crippen LogP contribution in [0.25, 0.3) is 0 Å². The molecule has 70 valence electrons. The normalized spacial score (nSPS) is 38.0. The third-order valence-corrected chi connectivity index (χ3v) is 2.43. The molecule has 1 aliphatic heterocycles. The van der Waals surface area contributed by atoms with E-state index >= 15 is 0 Å². The topological polar surface area (TPSA) is 92.8 Å². The van der Waals surface area contributed by atoms with Crippen molar-refractivity contribution in [2.24, 2.45) is 5.73 Å². The quantitative estimate of drug-likeness (QED) is 0.397. The molecule has 5 nitrogen and oxygen atoms in total. The van der Waals surface area contributed by atoms with E-state index < -0.39 is 30.3 Å². The van der Waals surface area contributed by atoms with Gasteiger partial charge in [0.1, 0.15) is 18.2 Å². The van der Waals surface area contributed by atoms with Crippen molar-refractivity contribution in [3.63, 3.8) is 0 Å². The van der Waals surface area contributed by atoms with Gasteiger partial charge in [-0.2, -0.15) is 0 Å². The predicted molar refractivity (Wildman–Crippen MR) is 43.7 cm³/mol. The van der Waals surface area contributed by atoms with Crippen molar-refractivity contribution in [2.45, 2.75) is 24.4 Å². The zero-order chi connectivity index (χ0) is 9.30. The lowest BCUT2D eigenvalue weighted by Crippen LogP contribution is -2.43. The average Bonchev–Trinajstić information content (AvgIpc) is 2.32. The Balaban J connectivity index is 2.64. The van der Waals surface area contributed by atoms with Crippen molar-refractivity contribution in [2.75, 3.05) is 5.33 Å². The number of rotatable bonds is 2. The van der Waals surface area contributed by atoms with Crippen molar-refractivity contribution in [3.05, 3.63) is 0 Å². The molecule has 0 bridgehead atoms. The summed E-state index contributed by atoms with van der Waals surface area (Å²) in [6.45, 7) is 0. The van der Waals surface area contributed by atoms with Gasteiger partial charge in [0, 0.05) is 5.33 Å². The van der Waals surface area contributed by atoms with Crippen LogP contribution in [0.15, 0.2) is 0 Å². The van der Waals surface area contributed by atoms with Gasteiger partial charge in [-0.1, -0.05) is 15.9 Å². The third kappa shape index (κ3) is 1.61. The molecule has 4 N–H and O–H groups in total. The molecule has 1 fully saturated rings. The number of carbonyl (C=O) groups excluding carboxylic acids is 1. The Bertz CT molecular complexity index is 188. The summed E-state index contributed by atoms with van der Waals surface area (Å²) in [5.74, 6) is -0.674. The molecular formula is C6H10BrNO4. The van der Waals surface area contributed by atoms with Crippen LogP contribution < -0.4 is 5.73 Å². The molecule has 12 heavy (non-hydrogen) atoms. The minimum atomic E-state index is -1.12. The van der Waals surface area contributed by atoms with E-state index in [1.165, 1.54) is 0 Å². The number of alkyl halides is 1. The van der Waals surface area contributed by atoms with E-state index in [-0.39, 0.29) is 5.33 Å². The van der Waals surface area contributed by atoms with Crippen LogP contribution in [0.4, 0.5) is 0 Å². The number of ether oxygens (including phenoxy) is 1. The number of carbonyl (C=O) groups is 1. The summed E-state index contributed by atoms with van der Waals surface area (Å²) in [4.78, 5) is 10.8. The maximum Gasteiger partial charge on any atom is 0.326 e. The van der Waals surface area contributed by atoms with Gasteiger partial charge in [-0.3, -0.25) is 4.79 Å². The van der Waals surface area contributed by atoms with Gasteiger partial charge in [0.25, 0.3) is 0 Å². The highest BCUT2D eigenvalue weighted by molar-refractivity contribution is 9.09. The molecule has 0 saturated carbocycles. The molecule has 1 heterocycles. The Morgan fingerprint density at radius 1 is 1.75 bits per heavy atom. The highest BCUT2D eigenvalue weighted by atomic mass is 79.9. The maximum atomic E-state index is 10.8. The van der Waals surface area contributed by atoms with Crippen LogP contribution in [-0.2, 0) is 9.53 Å². The molecule has 0 radical (unpaired) electrons. The van der Waals surface area contributed by atoms with Crippen LogP contribution >= 0.6 is 15.9 Å². The van der Waals surface area contributed by atoms with Crippen LogP contribution in [0, 0.1) is 0 Å². The van der Waals surface area contributed by atoms with Crippen molar-refractivity contribution in [1.29, 1.82) is 0 Å². The molecule has 0 amide bonds. The Kier molecular flexibility index (Phi) is 3.05. The molecule has 0 aromatic carbocycles. The van der Waals surface area contributed by atoms with Crippen molar-refractivity contribution in [1.82, 2.24) is 0 Å². The van der Waals surface area contributed by atoms with Crippen molar-refractivity contribution in [3.8, 4) is 0 Å². The monoisotopic (exact) mass is 239 g/mol.